The van der Waals surface area contributed by atoms with Crippen LogP contribution in [0.3, 0.4) is 0 Å². The van der Waals surface area contributed by atoms with Crippen LogP contribution in [-0.4, -0.2) is 53.0 Å². The molecule has 6 nitrogen and oxygen atoms in total. The fourth-order valence-corrected chi connectivity index (χ4v) is 3.91. The van der Waals surface area contributed by atoms with Crippen LogP contribution in [0.5, 0.6) is 11.5 Å². The SMILES string of the molecule is CCNC(=NCC1(CCOC)CCCC1)NCCc1ccc(OC)c(OC(F)F)c1. The van der Waals surface area contributed by atoms with Crippen LogP contribution in [0.15, 0.2) is 23.2 Å². The average molecular weight is 428 g/mol. The summed E-state index contributed by atoms with van der Waals surface area (Å²) in [6, 6.07) is 5.09. The molecule has 1 aromatic rings. The van der Waals surface area contributed by atoms with E-state index in [0.29, 0.717) is 18.7 Å². The lowest BCUT2D eigenvalue weighted by atomic mass is 9.83. The Bertz CT molecular complexity index is 665. The molecule has 0 heterocycles. The first-order valence-corrected chi connectivity index (χ1v) is 10.6. The highest BCUT2D eigenvalue weighted by Crippen LogP contribution is 2.41. The lowest BCUT2D eigenvalue weighted by Gasteiger charge is -2.27. The van der Waals surface area contributed by atoms with Gasteiger partial charge < -0.3 is 24.8 Å². The summed E-state index contributed by atoms with van der Waals surface area (Å²) in [6.07, 6.45) is 6.57. The van der Waals surface area contributed by atoms with Crippen molar-refractivity contribution in [1.29, 1.82) is 0 Å². The molecule has 0 aliphatic heterocycles. The van der Waals surface area contributed by atoms with E-state index in [1.807, 2.05) is 13.0 Å². The van der Waals surface area contributed by atoms with Gasteiger partial charge in [-0.3, -0.25) is 4.99 Å². The Kier molecular flexibility index (Phi) is 10.1. The fourth-order valence-electron chi connectivity index (χ4n) is 3.91. The molecule has 0 atom stereocenters. The maximum Gasteiger partial charge on any atom is 0.387 e. The third-order valence-electron chi connectivity index (χ3n) is 5.57. The summed E-state index contributed by atoms with van der Waals surface area (Å²) in [5.74, 6) is 1.12. The molecule has 1 saturated carbocycles. The lowest BCUT2D eigenvalue weighted by molar-refractivity contribution is -0.0512. The highest BCUT2D eigenvalue weighted by Gasteiger charge is 2.33. The predicted octanol–water partition coefficient (Wildman–Crippen LogP) is 3.99. The molecule has 2 rings (SSSR count). The molecule has 0 bridgehead atoms. The van der Waals surface area contributed by atoms with Crippen LogP contribution in [0.25, 0.3) is 0 Å². The molecule has 0 unspecified atom stereocenters. The summed E-state index contributed by atoms with van der Waals surface area (Å²) in [4.78, 5) is 4.83. The normalized spacial score (nSPS) is 16.0. The van der Waals surface area contributed by atoms with Crippen molar-refractivity contribution in [3.63, 3.8) is 0 Å². The minimum absolute atomic E-state index is 0.0480. The first-order chi connectivity index (χ1) is 14.5. The second-order valence-electron chi connectivity index (χ2n) is 7.69. The summed E-state index contributed by atoms with van der Waals surface area (Å²) in [5.41, 5.74) is 1.11. The second kappa shape index (κ2) is 12.6. The molecular formula is C22H35F2N3O3. The summed E-state index contributed by atoms with van der Waals surface area (Å²) >= 11 is 0. The predicted molar refractivity (Wildman–Crippen MR) is 115 cm³/mol. The number of hydrogen-bond acceptors (Lipinski definition) is 4. The van der Waals surface area contributed by atoms with Crippen molar-refractivity contribution in [1.82, 2.24) is 10.6 Å². The van der Waals surface area contributed by atoms with Crippen molar-refractivity contribution < 1.29 is 23.0 Å². The largest absolute Gasteiger partial charge is 0.493 e. The van der Waals surface area contributed by atoms with E-state index in [2.05, 4.69) is 15.4 Å². The molecule has 1 aliphatic rings. The fraction of sp³-hybridized carbons (Fsp3) is 0.682. The summed E-state index contributed by atoms with van der Waals surface area (Å²) in [5, 5.41) is 6.63. The number of methoxy groups -OCH3 is 2. The molecule has 0 aromatic heterocycles. The van der Waals surface area contributed by atoms with Crippen LogP contribution >= 0.6 is 0 Å². The average Bonchev–Trinajstić information content (AvgIpc) is 3.19. The summed E-state index contributed by atoms with van der Waals surface area (Å²) in [7, 11) is 3.17. The van der Waals surface area contributed by atoms with Gasteiger partial charge >= 0.3 is 6.61 Å². The van der Waals surface area contributed by atoms with E-state index in [-0.39, 0.29) is 11.2 Å². The Labute approximate surface area is 178 Å². The van der Waals surface area contributed by atoms with Crippen molar-refractivity contribution in [2.75, 3.05) is 40.5 Å². The van der Waals surface area contributed by atoms with E-state index in [0.717, 1.165) is 37.6 Å². The Morgan fingerprint density at radius 2 is 1.93 bits per heavy atom. The smallest absolute Gasteiger partial charge is 0.387 e. The molecule has 1 aromatic carbocycles. The zero-order valence-corrected chi connectivity index (χ0v) is 18.3. The highest BCUT2D eigenvalue weighted by atomic mass is 19.3. The first-order valence-electron chi connectivity index (χ1n) is 10.6. The van der Waals surface area contributed by atoms with Crippen LogP contribution in [0.4, 0.5) is 8.78 Å². The molecule has 0 spiro atoms. The number of rotatable bonds is 12. The molecule has 0 radical (unpaired) electrons. The standard InChI is InChI=1S/C22H35F2N3O3/c1-4-25-21(27-16-22(12-14-28-2)10-5-6-11-22)26-13-9-17-7-8-18(29-3)19(15-17)30-20(23)24/h7-8,15,20H,4-6,9-14,16H2,1-3H3,(H2,25,26,27). The molecule has 170 valence electrons. The molecule has 8 heteroatoms. The number of ether oxygens (including phenoxy) is 3. The summed E-state index contributed by atoms with van der Waals surface area (Å²) < 4.78 is 40.2. The molecule has 1 fully saturated rings. The molecule has 2 N–H and O–H groups in total. The maximum absolute atomic E-state index is 12.6. The Morgan fingerprint density at radius 3 is 2.57 bits per heavy atom. The lowest BCUT2D eigenvalue weighted by Crippen LogP contribution is -2.39. The molecule has 30 heavy (non-hydrogen) atoms. The van der Waals surface area contributed by atoms with E-state index >= 15 is 0 Å². The van der Waals surface area contributed by atoms with Gasteiger partial charge in [-0.15, -0.1) is 0 Å². The van der Waals surface area contributed by atoms with Crippen LogP contribution < -0.4 is 20.1 Å². The van der Waals surface area contributed by atoms with Crippen molar-refractivity contribution in [3.05, 3.63) is 23.8 Å². The van der Waals surface area contributed by atoms with E-state index in [1.54, 1.807) is 19.2 Å². The topological polar surface area (TPSA) is 64.1 Å². The first kappa shape index (κ1) is 24.2. The van der Waals surface area contributed by atoms with Gasteiger partial charge in [0, 0.05) is 33.4 Å². The number of benzene rings is 1. The molecular weight excluding hydrogens is 392 g/mol. The zero-order chi connectivity index (χ0) is 21.8. The molecule has 1 aliphatic carbocycles. The van der Waals surface area contributed by atoms with Crippen molar-refractivity contribution in [2.24, 2.45) is 10.4 Å². The van der Waals surface area contributed by atoms with Crippen molar-refractivity contribution >= 4 is 5.96 Å². The number of hydrogen-bond donors (Lipinski definition) is 2. The van der Waals surface area contributed by atoms with Gasteiger partial charge in [-0.05, 0) is 55.7 Å². The van der Waals surface area contributed by atoms with Gasteiger partial charge in [-0.1, -0.05) is 18.9 Å². The Morgan fingerprint density at radius 1 is 1.17 bits per heavy atom. The van der Waals surface area contributed by atoms with Gasteiger partial charge in [0.1, 0.15) is 0 Å². The van der Waals surface area contributed by atoms with Gasteiger partial charge in [0.25, 0.3) is 0 Å². The number of halogens is 2. The van der Waals surface area contributed by atoms with Crippen LogP contribution in [0.1, 0.15) is 44.6 Å². The van der Waals surface area contributed by atoms with Gasteiger partial charge in [-0.25, -0.2) is 0 Å². The van der Waals surface area contributed by atoms with Crippen LogP contribution in [-0.2, 0) is 11.2 Å². The maximum atomic E-state index is 12.6. The van der Waals surface area contributed by atoms with Gasteiger partial charge in [0.2, 0.25) is 0 Å². The van der Waals surface area contributed by atoms with Gasteiger partial charge in [0.15, 0.2) is 17.5 Å². The zero-order valence-electron chi connectivity index (χ0n) is 18.3. The van der Waals surface area contributed by atoms with E-state index in [1.165, 1.54) is 32.8 Å². The Balaban J connectivity index is 1.95. The summed E-state index contributed by atoms with van der Waals surface area (Å²) in [6.45, 7) is 2.08. The third kappa shape index (κ3) is 7.63. The van der Waals surface area contributed by atoms with Gasteiger partial charge in [-0.2, -0.15) is 8.78 Å². The van der Waals surface area contributed by atoms with Gasteiger partial charge in [0.05, 0.1) is 7.11 Å². The highest BCUT2D eigenvalue weighted by molar-refractivity contribution is 5.79. The van der Waals surface area contributed by atoms with Crippen molar-refractivity contribution in [2.45, 2.75) is 52.1 Å². The van der Waals surface area contributed by atoms with Crippen LogP contribution in [0.2, 0.25) is 0 Å². The number of nitrogens with zero attached hydrogens (tertiary/aromatic N) is 1. The second-order valence-corrected chi connectivity index (χ2v) is 7.69. The van der Waals surface area contributed by atoms with Crippen molar-refractivity contribution in [3.8, 4) is 11.5 Å². The molecule has 0 saturated heterocycles. The number of aliphatic imine (C=N–C) groups is 1. The number of nitrogens with one attached hydrogen (secondary N) is 2. The monoisotopic (exact) mass is 427 g/mol. The van der Waals surface area contributed by atoms with Crippen LogP contribution in [0, 0.1) is 5.41 Å². The molecule has 0 amide bonds. The minimum Gasteiger partial charge on any atom is -0.493 e. The Hall–Kier alpha value is -2.09. The van der Waals surface area contributed by atoms with E-state index in [4.69, 9.17) is 14.5 Å². The minimum atomic E-state index is -2.89. The quantitative estimate of drug-likeness (QED) is 0.390. The number of guanidine groups is 1. The third-order valence-corrected chi connectivity index (χ3v) is 5.57. The van der Waals surface area contributed by atoms with E-state index in [9.17, 15) is 8.78 Å². The number of alkyl halides is 2. The van der Waals surface area contributed by atoms with E-state index < -0.39 is 6.61 Å².